The molecular weight excluding hydrogens is 408 g/mol. The Morgan fingerprint density at radius 2 is 1.28 bits per heavy atom. The van der Waals surface area contributed by atoms with E-state index in [-0.39, 0.29) is 0 Å². The standard InChI is InChI=1S/C29H54O2Si/c1-6-8-10-11-12-13-14-15-16-17-18-27(3)29-21-19-28(20-22-29)26-30-23-24-31-32(4,5)25-9-7-2/h19-22,27H,6-18,23-26H2,1-5H3. The molecule has 1 rings (SSSR count). The first-order valence-electron chi connectivity index (χ1n) is 13.8. The van der Waals surface area contributed by atoms with Crippen LogP contribution in [0.3, 0.4) is 0 Å². The largest absolute Gasteiger partial charge is 0.415 e. The Morgan fingerprint density at radius 3 is 1.88 bits per heavy atom. The van der Waals surface area contributed by atoms with Crippen molar-refractivity contribution < 1.29 is 9.16 Å². The summed E-state index contributed by atoms with van der Waals surface area (Å²) in [6.07, 6.45) is 18.0. The molecule has 0 aliphatic heterocycles. The molecule has 0 saturated carbocycles. The second kappa shape index (κ2) is 18.7. The van der Waals surface area contributed by atoms with Crippen molar-refractivity contribution in [1.29, 1.82) is 0 Å². The fraction of sp³-hybridized carbons (Fsp3) is 0.793. The van der Waals surface area contributed by atoms with E-state index in [0.29, 0.717) is 19.1 Å². The molecule has 0 bridgehead atoms. The van der Waals surface area contributed by atoms with E-state index in [1.54, 1.807) is 0 Å². The van der Waals surface area contributed by atoms with Gasteiger partial charge >= 0.3 is 0 Å². The van der Waals surface area contributed by atoms with E-state index in [4.69, 9.17) is 9.16 Å². The highest BCUT2D eigenvalue weighted by Gasteiger charge is 2.20. The van der Waals surface area contributed by atoms with Gasteiger partial charge in [0.2, 0.25) is 0 Å². The quantitative estimate of drug-likeness (QED) is 0.134. The molecule has 0 saturated heterocycles. The average molecular weight is 463 g/mol. The third kappa shape index (κ3) is 15.2. The van der Waals surface area contributed by atoms with Crippen LogP contribution in [-0.2, 0) is 15.8 Å². The van der Waals surface area contributed by atoms with Gasteiger partial charge in [-0.15, -0.1) is 0 Å². The SMILES string of the molecule is CCCCCCCCCCCCC(C)c1ccc(COCCO[Si](C)(C)CCCC)cc1. The maximum Gasteiger partial charge on any atom is 0.186 e. The Hall–Kier alpha value is -0.643. The highest BCUT2D eigenvalue weighted by molar-refractivity contribution is 6.71. The third-order valence-corrected chi connectivity index (χ3v) is 9.20. The van der Waals surface area contributed by atoms with Gasteiger partial charge in [0.15, 0.2) is 8.32 Å². The highest BCUT2D eigenvalue weighted by atomic mass is 28.4. The van der Waals surface area contributed by atoms with Gasteiger partial charge in [0, 0.05) is 0 Å². The highest BCUT2D eigenvalue weighted by Crippen LogP contribution is 2.23. The van der Waals surface area contributed by atoms with Crippen LogP contribution in [0.5, 0.6) is 0 Å². The normalized spacial score (nSPS) is 12.9. The lowest BCUT2D eigenvalue weighted by Crippen LogP contribution is -2.31. The van der Waals surface area contributed by atoms with Gasteiger partial charge in [-0.05, 0) is 42.6 Å². The molecular formula is C29H54O2Si. The van der Waals surface area contributed by atoms with Gasteiger partial charge in [-0.1, -0.05) is 122 Å². The van der Waals surface area contributed by atoms with Crippen LogP contribution in [-0.4, -0.2) is 21.5 Å². The Bertz CT molecular complexity index is 541. The van der Waals surface area contributed by atoms with E-state index in [1.807, 2.05) is 0 Å². The molecule has 3 heteroatoms. The zero-order valence-electron chi connectivity index (χ0n) is 22.2. The van der Waals surface area contributed by atoms with Crippen molar-refractivity contribution in [3.63, 3.8) is 0 Å². The minimum absolute atomic E-state index is 0.655. The first-order valence-corrected chi connectivity index (χ1v) is 16.9. The number of unbranched alkanes of at least 4 members (excludes halogenated alkanes) is 10. The van der Waals surface area contributed by atoms with Crippen LogP contribution >= 0.6 is 0 Å². The lowest BCUT2D eigenvalue weighted by atomic mass is 9.94. The van der Waals surface area contributed by atoms with Crippen molar-refractivity contribution in [2.75, 3.05) is 13.2 Å². The number of benzene rings is 1. The molecule has 0 fully saturated rings. The van der Waals surface area contributed by atoms with Crippen molar-refractivity contribution in [1.82, 2.24) is 0 Å². The van der Waals surface area contributed by atoms with Crippen LogP contribution in [0, 0.1) is 0 Å². The van der Waals surface area contributed by atoms with Crippen molar-refractivity contribution in [2.24, 2.45) is 0 Å². The van der Waals surface area contributed by atoms with Crippen LogP contribution in [0.2, 0.25) is 19.1 Å². The molecule has 186 valence electrons. The Morgan fingerprint density at radius 1 is 0.719 bits per heavy atom. The molecule has 32 heavy (non-hydrogen) atoms. The maximum atomic E-state index is 6.12. The lowest BCUT2D eigenvalue weighted by molar-refractivity contribution is 0.0862. The zero-order valence-corrected chi connectivity index (χ0v) is 23.2. The summed E-state index contributed by atoms with van der Waals surface area (Å²) in [4.78, 5) is 0. The molecule has 1 aromatic carbocycles. The fourth-order valence-electron chi connectivity index (χ4n) is 4.29. The first-order chi connectivity index (χ1) is 15.5. The molecule has 1 aromatic rings. The van der Waals surface area contributed by atoms with E-state index in [2.05, 4.69) is 58.1 Å². The number of hydrogen-bond donors (Lipinski definition) is 0. The summed E-state index contributed by atoms with van der Waals surface area (Å²) in [6.45, 7) is 13.7. The van der Waals surface area contributed by atoms with Crippen LogP contribution in [0.15, 0.2) is 24.3 Å². The lowest BCUT2D eigenvalue weighted by Gasteiger charge is -2.22. The van der Waals surface area contributed by atoms with Crippen LogP contribution in [0.25, 0.3) is 0 Å². The summed E-state index contributed by atoms with van der Waals surface area (Å²) in [6, 6.07) is 10.3. The van der Waals surface area contributed by atoms with Crippen LogP contribution in [0.1, 0.15) is 121 Å². The molecule has 0 N–H and O–H groups in total. The molecule has 2 nitrogen and oxygen atoms in total. The topological polar surface area (TPSA) is 18.5 Å². The van der Waals surface area contributed by atoms with Gasteiger partial charge < -0.3 is 9.16 Å². The van der Waals surface area contributed by atoms with Crippen LogP contribution < -0.4 is 0 Å². The predicted octanol–water partition coefficient (Wildman–Crippen LogP) is 9.64. The number of rotatable bonds is 21. The molecule has 0 amide bonds. The summed E-state index contributed by atoms with van der Waals surface area (Å²) < 4.78 is 12.0. The molecule has 1 unspecified atom stereocenters. The Kier molecular flexibility index (Phi) is 17.2. The molecule has 0 aliphatic carbocycles. The van der Waals surface area contributed by atoms with E-state index >= 15 is 0 Å². The van der Waals surface area contributed by atoms with Crippen molar-refractivity contribution in [3.8, 4) is 0 Å². The fourth-order valence-corrected chi connectivity index (χ4v) is 6.27. The summed E-state index contributed by atoms with van der Waals surface area (Å²) in [7, 11) is -1.48. The van der Waals surface area contributed by atoms with E-state index in [9.17, 15) is 0 Å². The van der Waals surface area contributed by atoms with Gasteiger partial charge in [-0.2, -0.15) is 0 Å². The van der Waals surface area contributed by atoms with Gasteiger partial charge in [0.05, 0.1) is 19.8 Å². The molecule has 0 aromatic heterocycles. The van der Waals surface area contributed by atoms with E-state index in [1.165, 1.54) is 101 Å². The van der Waals surface area contributed by atoms with Gasteiger partial charge in [-0.25, -0.2) is 0 Å². The predicted molar refractivity (Wildman–Crippen MR) is 144 cm³/mol. The van der Waals surface area contributed by atoms with Gasteiger partial charge in [0.1, 0.15) is 0 Å². The minimum atomic E-state index is -1.48. The average Bonchev–Trinajstić information content (AvgIpc) is 2.79. The minimum Gasteiger partial charge on any atom is -0.415 e. The molecule has 0 spiro atoms. The van der Waals surface area contributed by atoms with Gasteiger partial charge in [-0.3, -0.25) is 0 Å². The second-order valence-electron chi connectivity index (χ2n) is 10.4. The summed E-state index contributed by atoms with van der Waals surface area (Å²) >= 11 is 0. The van der Waals surface area contributed by atoms with Crippen LogP contribution in [0.4, 0.5) is 0 Å². The molecule has 0 heterocycles. The Labute approximate surface area is 202 Å². The monoisotopic (exact) mass is 462 g/mol. The zero-order chi connectivity index (χ0) is 23.5. The third-order valence-electron chi connectivity index (χ3n) is 6.66. The maximum absolute atomic E-state index is 6.12. The molecule has 0 radical (unpaired) electrons. The van der Waals surface area contributed by atoms with Gasteiger partial charge in [0.25, 0.3) is 0 Å². The molecule has 1 atom stereocenters. The van der Waals surface area contributed by atoms with Crippen molar-refractivity contribution in [2.45, 2.75) is 136 Å². The summed E-state index contributed by atoms with van der Waals surface area (Å²) in [5, 5.41) is 0. The number of hydrogen-bond acceptors (Lipinski definition) is 2. The number of ether oxygens (including phenoxy) is 1. The van der Waals surface area contributed by atoms with E-state index < -0.39 is 8.32 Å². The second-order valence-corrected chi connectivity index (χ2v) is 14.7. The van der Waals surface area contributed by atoms with E-state index in [0.717, 1.165) is 6.61 Å². The summed E-state index contributed by atoms with van der Waals surface area (Å²) in [5.74, 6) is 0.655. The molecule has 0 aliphatic rings. The summed E-state index contributed by atoms with van der Waals surface area (Å²) in [5.41, 5.74) is 2.74. The van der Waals surface area contributed by atoms with Crippen molar-refractivity contribution in [3.05, 3.63) is 35.4 Å². The Balaban J connectivity index is 2.09. The van der Waals surface area contributed by atoms with Crippen molar-refractivity contribution >= 4 is 8.32 Å². The smallest absolute Gasteiger partial charge is 0.186 e. The first kappa shape index (κ1) is 29.4.